The largest absolute Gasteiger partial charge is 0.446 e. The maximum atomic E-state index is 13.1. The van der Waals surface area contributed by atoms with Crippen molar-refractivity contribution in [2.24, 2.45) is 0 Å². The normalized spacial score (nSPS) is 13.3. The summed E-state index contributed by atoms with van der Waals surface area (Å²) in [7, 11) is -5.74. The first-order chi connectivity index (χ1) is 6.93. The van der Waals surface area contributed by atoms with Crippen molar-refractivity contribution >= 4 is 16.0 Å². The Morgan fingerprint density at radius 3 is 1.69 bits per heavy atom. The van der Waals surface area contributed by atoms with Crippen molar-refractivity contribution in [1.82, 2.24) is 4.90 Å². The zero-order valence-electron chi connectivity index (χ0n) is 9.44. The highest BCUT2D eigenvalue weighted by Crippen LogP contribution is 2.25. The molecule has 96 valence electrons. The molecule has 0 saturated carbocycles. The second-order valence-electron chi connectivity index (χ2n) is 3.89. The fraction of sp³-hybridized carbons (Fsp3) is 0.875. The Labute approximate surface area is 93.2 Å². The third-order valence-corrected chi connectivity index (χ3v) is 2.74. The molecular formula is C8H15F2NO4S. The highest BCUT2D eigenvalue weighted by Gasteiger charge is 2.55. The molecule has 0 radical (unpaired) electrons. The maximum Gasteiger partial charge on any atom is 0.446 e. The van der Waals surface area contributed by atoms with Gasteiger partial charge in [-0.05, 0) is 27.7 Å². The van der Waals surface area contributed by atoms with Gasteiger partial charge in [-0.25, -0.2) is 0 Å². The Morgan fingerprint density at radius 2 is 1.50 bits per heavy atom. The van der Waals surface area contributed by atoms with Crippen LogP contribution in [0.25, 0.3) is 0 Å². The van der Waals surface area contributed by atoms with E-state index in [1.165, 1.54) is 27.7 Å². The van der Waals surface area contributed by atoms with E-state index in [0.717, 1.165) is 0 Å². The maximum absolute atomic E-state index is 13.1. The lowest BCUT2D eigenvalue weighted by molar-refractivity contribution is -0.151. The summed E-state index contributed by atoms with van der Waals surface area (Å²) in [5, 5.41) is -4.80. The first-order valence-electron chi connectivity index (χ1n) is 4.60. The van der Waals surface area contributed by atoms with Crippen molar-refractivity contribution in [3.05, 3.63) is 0 Å². The number of carbonyl (C=O) groups excluding carboxylic acids is 1. The second kappa shape index (κ2) is 4.62. The summed E-state index contributed by atoms with van der Waals surface area (Å²) in [6.07, 6.45) is 0. The topological polar surface area (TPSA) is 74.7 Å². The number of amides is 1. The van der Waals surface area contributed by atoms with Crippen molar-refractivity contribution in [2.75, 3.05) is 0 Å². The van der Waals surface area contributed by atoms with Gasteiger partial charge in [0, 0.05) is 12.1 Å². The molecule has 0 fully saturated rings. The van der Waals surface area contributed by atoms with Gasteiger partial charge in [-0.1, -0.05) is 0 Å². The molecular weight excluding hydrogens is 244 g/mol. The molecule has 0 bridgehead atoms. The van der Waals surface area contributed by atoms with Crippen LogP contribution in [-0.4, -0.2) is 41.1 Å². The van der Waals surface area contributed by atoms with E-state index in [0.29, 0.717) is 4.90 Å². The molecule has 0 heterocycles. The third-order valence-electron chi connectivity index (χ3n) is 1.92. The summed E-state index contributed by atoms with van der Waals surface area (Å²) in [6.45, 7) is 5.88. The molecule has 0 rings (SSSR count). The van der Waals surface area contributed by atoms with Crippen molar-refractivity contribution in [3.63, 3.8) is 0 Å². The lowest BCUT2D eigenvalue weighted by Crippen LogP contribution is -2.53. The molecule has 0 aromatic carbocycles. The monoisotopic (exact) mass is 259 g/mol. The minimum atomic E-state index is -5.74. The van der Waals surface area contributed by atoms with Crippen LogP contribution in [0.5, 0.6) is 0 Å². The molecule has 0 aliphatic rings. The lowest BCUT2D eigenvalue weighted by atomic mass is 10.2. The lowest BCUT2D eigenvalue weighted by Gasteiger charge is -2.32. The molecule has 0 aromatic heterocycles. The Bertz CT molecular complexity index is 356. The van der Waals surface area contributed by atoms with Gasteiger partial charge < -0.3 is 4.90 Å². The summed E-state index contributed by atoms with van der Waals surface area (Å²) in [4.78, 5) is 12.0. The number of carbonyl (C=O) groups is 1. The first-order valence-corrected chi connectivity index (χ1v) is 6.04. The van der Waals surface area contributed by atoms with E-state index in [9.17, 15) is 22.0 Å². The fourth-order valence-electron chi connectivity index (χ4n) is 1.33. The van der Waals surface area contributed by atoms with E-state index in [-0.39, 0.29) is 0 Å². The van der Waals surface area contributed by atoms with Crippen molar-refractivity contribution < 1.29 is 26.5 Å². The summed E-state index contributed by atoms with van der Waals surface area (Å²) in [6, 6.07) is -1.19. The SMILES string of the molecule is CC(C)N(C(=O)C(F)(F)S(=O)(=O)O)C(C)C. The summed E-state index contributed by atoms with van der Waals surface area (Å²) in [5.74, 6) is -1.92. The number of nitrogens with zero attached hydrogens (tertiary/aromatic N) is 1. The average molecular weight is 259 g/mol. The van der Waals surface area contributed by atoms with Gasteiger partial charge >= 0.3 is 21.3 Å². The van der Waals surface area contributed by atoms with Crippen molar-refractivity contribution in [1.29, 1.82) is 0 Å². The smallest absolute Gasteiger partial charge is 0.332 e. The molecule has 0 spiro atoms. The molecule has 1 amide bonds. The van der Waals surface area contributed by atoms with Crippen LogP contribution in [0.15, 0.2) is 0 Å². The van der Waals surface area contributed by atoms with Gasteiger partial charge in [-0.15, -0.1) is 0 Å². The van der Waals surface area contributed by atoms with Gasteiger partial charge in [0.05, 0.1) is 0 Å². The Balaban J connectivity index is 5.34. The molecule has 0 aliphatic heterocycles. The van der Waals surface area contributed by atoms with Crippen molar-refractivity contribution in [3.8, 4) is 0 Å². The van der Waals surface area contributed by atoms with E-state index >= 15 is 0 Å². The molecule has 1 N–H and O–H groups in total. The average Bonchev–Trinajstić information content (AvgIpc) is 1.99. The van der Waals surface area contributed by atoms with Crippen LogP contribution >= 0.6 is 0 Å². The van der Waals surface area contributed by atoms with E-state index in [4.69, 9.17) is 4.55 Å². The fourth-order valence-corrected chi connectivity index (χ4v) is 1.65. The van der Waals surface area contributed by atoms with Gasteiger partial charge in [0.25, 0.3) is 0 Å². The van der Waals surface area contributed by atoms with Crippen LogP contribution in [-0.2, 0) is 14.9 Å². The standard InChI is InChI=1S/C8H15F2NO4S/c1-5(2)11(6(3)4)7(12)8(9,10)16(13,14)15/h5-6H,1-4H3,(H,13,14,15). The predicted octanol–water partition coefficient (Wildman–Crippen LogP) is 1.11. The van der Waals surface area contributed by atoms with Crippen LogP contribution < -0.4 is 0 Å². The van der Waals surface area contributed by atoms with Gasteiger partial charge in [0.1, 0.15) is 0 Å². The number of alkyl halides is 2. The van der Waals surface area contributed by atoms with Crippen LogP contribution in [0.2, 0.25) is 0 Å². The van der Waals surface area contributed by atoms with E-state index < -0.39 is 33.4 Å². The molecule has 0 saturated heterocycles. The number of halogens is 2. The summed E-state index contributed by atoms with van der Waals surface area (Å²) >= 11 is 0. The minimum absolute atomic E-state index is 0.597. The highest BCUT2D eigenvalue weighted by atomic mass is 32.2. The number of hydrogen-bond acceptors (Lipinski definition) is 3. The third kappa shape index (κ3) is 2.88. The zero-order valence-corrected chi connectivity index (χ0v) is 10.3. The molecule has 5 nitrogen and oxygen atoms in total. The zero-order chi connectivity index (χ0) is 13.3. The quantitative estimate of drug-likeness (QED) is 0.767. The second-order valence-corrected chi connectivity index (χ2v) is 5.35. The van der Waals surface area contributed by atoms with Gasteiger partial charge in [-0.2, -0.15) is 17.2 Å². The van der Waals surface area contributed by atoms with Crippen LogP contribution in [0.4, 0.5) is 8.78 Å². The van der Waals surface area contributed by atoms with Gasteiger partial charge in [0.15, 0.2) is 0 Å². The molecule has 8 heteroatoms. The van der Waals surface area contributed by atoms with Crippen LogP contribution in [0.1, 0.15) is 27.7 Å². The summed E-state index contributed by atoms with van der Waals surface area (Å²) in [5.41, 5.74) is 0. The molecule has 0 atom stereocenters. The molecule has 16 heavy (non-hydrogen) atoms. The van der Waals surface area contributed by atoms with Gasteiger partial charge in [-0.3, -0.25) is 9.35 Å². The Morgan fingerprint density at radius 1 is 1.19 bits per heavy atom. The molecule has 0 aromatic rings. The number of hydrogen-bond donors (Lipinski definition) is 1. The summed E-state index contributed by atoms with van der Waals surface area (Å²) < 4.78 is 55.2. The minimum Gasteiger partial charge on any atom is -0.332 e. The van der Waals surface area contributed by atoms with E-state index in [1.54, 1.807) is 0 Å². The Kier molecular flexibility index (Phi) is 4.40. The van der Waals surface area contributed by atoms with Crippen molar-refractivity contribution in [2.45, 2.75) is 45.0 Å². The molecule has 0 aliphatic carbocycles. The predicted molar refractivity (Wildman–Crippen MR) is 53.6 cm³/mol. The highest BCUT2D eigenvalue weighted by molar-refractivity contribution is 7.87. The number of rotatable bonds is 4. The van der Waals surface area contributed by atoms with E-state index in [1.807, 2.05) is 0 Å². The van der Waals surface area contributed by atoms with Crippen LogP contribution in [0, 0.1) is 0 Å². The molecule has 0 unspecified atom stereocenters. The van der Waals surface area contributed by atoms with Gasteiger partial charge in [0.2, 0.25) is 0 Å². The van der Waals surface area contributed by atoms with E-state index in [2.05, 4.69) is 0 Å². The Hall–Kier alpha value is -0.760. The van der Waals surface area contributed by atoms with Crippen LogP contribution in [0.3, 0.4) is 0 Å². The first kappa shape index (κ1) is 15.2.